The second-order valence-corrected chi connectivity index (χ2v) is 9.16. The highest BCUT2D eigenvalue weighted by atomic mass is 35.5. The fraction of sp³-hybridized carbons (Fsp3) is 0.429. The molecule has 0 N–H and O–H groups in total. The smallest absolute Gasteiger partial charge is 0.207 e. The van der Waals surface area contributed by atoms with E-state index in [-0.39, 0.29) is 11.9 Å². The van der Waals surface area contributed by atoms with E-state index >= 15 is 0 Å². The van der Waals surface area contributed by atoms with Crippen LogP contribution in [0.15, 0.2) is 27.8 Å². The van der Waals surface area contributed by atoms with E-state index in [0.29, 0.717) is 16.2 Å². The summed E-state index contributed by atoms with van der Waals surface area (Å²) in [6, 6.07) is 3.91. The van der Waals surface area contributed by atoms with Gasteiger partial charge in [0.1, 0.15) is 4.90 Å². The molecule has 2 aromatic rings. The molecule has 0 amide bonds. The Balaban J connectivity index is 2.28. The summed E-state index contributed by atoms with van der Waals surface area (Å²) >= 11 is 8.93. The van der Waals surface area contributed by atoms with Gasteiger partial charge in [0, 0.05) is 22.8 Å². The van der Waals surface area contributed by atoms with E-state index in [2.05, 4.69) is 0 Å². The van der Waals surface area contributed by atoms with Crippen LogP contribution in [0.4, 0.5) is 0 Å². The summed E-state index contributed by atoms with van der Waals surface area (Å²) < 4.78 is 27.1. The third kappa shape index (κ3) is 3.51. The fourth-order valence-electron chi connectivity index (χ4n) is 2.16. The molecule has 21 heavy (non-hydrogen) atoms. The number of thiophene rings is 2. The Hall–Kier alpha value is -0.400. The highest BCUT2D eigenvalue weighted by Gasteiger charge is 2.30. The molecule has 0 saturated heterocycles. The van der Waals surface area contributed by atoms with Crippen molar-refractivity contribution in [1.82, 2.24) is 4.31 Å². The number of rotatable bonds is 6. The summed E-state index contributed by atoms with van der Waals surface area (Å²) in [7, 11) is -1.87. The lowest BCUT2D eigenvalue weighted by Crippen LogP contribution is -2.36. The summed E-state index contributed by atoms with van der Waals surface area (Å²) in [5.74, 6) is 0.222. The minimum absolute atomic E-state index is 0.101. The number of hydrogen-bond donors (Lipinski definition) is 0. The summed E-state index contributed by atoms with van der Waals surface area (Å²) in [5, 5.41) is 3.85. The predicted molar refractivity (Wildman–Crippen MR) is 91.0 cm³/mol. The molecule has 2 heterocycles. The lowest BCUT2D eigenvalue weighted by Gasteiger charge is -2.24. The van der Waals surface area contributed by atoms with Gasteiger partial charge in [-0.1, -0.05) is 6.07 Å². The van der Waals surface area contributed by atoms with Gasteiger partial charge >= 0.3 is 0 Å². The van der Waals surface area contributed by atoms with Gasteiger partial charge < -0.3 is 0 Å². The molecule has 0 aliphatic rings. The molecule has 7 heteroatoms. The van der Waals surface area contributed by atoms with Gasteiger partial charge in [-0.05, 0) is 42.7 Å². The van der Waals surface area contributed by atoms with Crippen LogP contribution in [0.25, 0.3) is 0 Å². The van der Waals surface area contributed by atoms with Crippen LogP contribution >= 0.6 is 34.3 Å². The Morgan fingerprint density at radius 1 is 1.38 bits per heavy atom. The Labute approximate surface area is 139 Å². The third-order valence-corrected chi connectivity index (χ3v) is 8.21. The van der Waals surface area contributed by atoms with Crippen molar-refractivity contribution >= 4 is 44.3 Å². The average molecular weight is 364 g/mol. The summed E-state index contributed by atoms with van der Waals surface area (Å²) in [5.41, 5.74) is 0.769. The van der Waals surface area contributed by atoms with Gasteiger partial charge in [-0.3, -0.25) is 0 Å². The van der Waals surface area contributed by atoms with Gasteiger partial charge in [-0.25, -0.2) is 8.42 Å². The van der Waals surface area contributed by atoms with Gasteiger partial charge in [0.15, 0.2) is 0 Å². The maximum Gasteiger partial charge on any atom is 0.244 e. The highest BCUT2D eigenvalue weighted by Crippen LogP contribution is 2.31. The topological polar surface area (TPSA) is 37.4 Å². The molecular formula is C14H18ClNO2S3. The number of sulfonamides is 1. The zero-order valence-corrected chi connectivity index (χ0v) is 15.4. The van der Waals surface area contributed by atoms with Crippen molar-refractivity contribution in [2.24, 2.45) is 0 Å². The van der Waals surface area contributed by atoms with E-state index in [9.17, 15) is 8.42 Å². The van der Waals surface area contributed by atoms with Crippen molar-refractivity contribution in [3.8, 4) is 0 Å². The number of hydrogen-bond acceptors (Lipinski definition) is 4. The van der Waals surface area contributed by atoms with Crippen molar-refractivity contribution in [2.45, 2.75) is 37.1 Å². The molecule has 0 aliphatic heterocycles. The second-order valence-electron chi connectivity index (χ2n) is 4.96. The minimum Gasteiger partial charge on any atom is -0.207 e. The lowest BCUT2D eigenvalue weighted by atomic mass is 10.2. The van der Waals surface area contributed by atoms with Gasteiger partial charge in [0.2, 0.25) is 10.0 Å². The monoisotopic (exact) mass is 363 g/mol. The van der Waals surface area contributed by atoms with E-state index in [1.165, 1.54) is 20.5 Å². The number of alkyl halides is 1. The van der Waals surface area contributed by atoms with Crippen LogP contribution in [0.5, 0.6) is 0 Å². The van der Waals surface area contributed by atoms with E-state index in [1.807, 2.05) is 36.7 Å². The average Bonchev–Trinajstić information content (AvgIpc) is 3.06. The van der Waals surface area contributed by atoms with E-state index in [0.717, 1.165) is 5.56 Å². The van der Waals surface area contributed by atoms with Gasteiger partial charge in [0.25, 0.3) is 0 Å². The van der Waals surface area contributed by atoms with Crippen LogP contribution in [-0.4, -0.2) is 25.8 Å². The largest absolute Gasteiger partial charge is 0.244 e. The molecule has 1 atom stereocenters. The number of likely N-dealkylation sites (N-methyl/N-ethyl adjacent to an activating group) is 1. The van der Waals surface area contributed by atoms with Crippen LogP contribution in [0.3, 0.4) is 0 Å². The zero-order chi connectivity index (χ0) is 15.6. The van der Waals surface area contributed by atoms with Crippen LogP contribution in [-0.2, 0) is 22.3 Å². The molecule has 0 fully saturated rings. The van der Waals surface area contributed by atoms with Gasteiger partial charge in [-0.15, -0.1) is 34.3 Å². The maximum atomic E-state index is 12.8. The van der Waals surface area contributed by atoms with Crippen LogP contribution in [0.1, 0.15) is 22.2 Å². The van der Waals surface area contributed by atoms with Crippen molar-refractivity contribution in [1.29, 1.82) is 0 Å². The molecule has 0 bridgehead atoms. The van der Waals surface area contributed by atoms with E-state index in [1.54, 1.807) is 18.4 Å². The molecule has 0 radical (unpaired) electrons. The molecule has 0 aromatic carbocycles. The van der Waals surface area contributed by atoms with Gasteiger partial charge in [-0.2, -0.15) is 4.31 Å². The summed E-state index contributed by atoms with van der Waals surface area (Å²) in [6.45, 7) is 3.75. The number of halogens is 1. The molecule has 0 spiro atoms. The normalized spacial score (nSPS) is 13.8. The standard InChI is InChI=1S/C14H18ClNO2S3/c1-10-9-20-13(8-15)14(10)21(17,18)16(3)11(2)7-12-5-4-6-19-12/h4-6,9,11H,7-8H2,1-3H3. The lowest BCUT2D eigenvalue weighted by molar-refractivity contribution is 0.388. The molecule has 2 aromatic heterocycles. The summed E-state index contributed by atoms with van der Waals surface area (Å²) in [4.78, 5) is 2.27. The Morgan fingerprint density at radius 3 is 2.67 bits per heavy atom. The van der Waals surface area contributed by atoms with Crippen molar-refractivity contribution in [2.75, 3.05) is 7.05 Å². The third-order valence-electron chi connectivity index (χ3n) is 3.45. The minimum atomic E-state index is -3.51. The molecule has 3 nitrogen and oxygen atoms in total. The first-order chi connectivity index (χ1) is 9.87. The fourth-order valence-corrected chi connectivity index (χ4v) is 6.35. The van der Waals surface area contributed by atoms with Crippen molar-refractivity contribution in [3.05, 3.63) is 38.2 Å². The molecule has 1 unspecified atom stereocenters. The van der Waals surface area contributed by atoms with Crippen LogP contribution in [0.2, 0.25) is 0 Å². The SMILES string of the molecule is Cc1csc(CCl)c1S(=O)(=O)N(C)C(C)Cc1cccs1. The van der Waals surface area contributed by atoms with Gasteiger partial charge in [0.05, 0.1) is 5.88 Å². The van der Waals surface area contributed by atoms with Crippen LogP contribution < -0.4 is 0 Å². The Bertz CT molecular complexity index is 692. The molecule has 2 rings (SSSR count). The van der Waals surface area contributed by atoms with E-state index < -0.39 is 10.0 Å². The Kier molecular flexibility index (Phi) is 5.48. The molecule has 0 saturated carbocycles. The zero-order valence-electron chi connectivity index (χ0n) is 12.2. The molecule has 0 aliphatic carbocycles. The van der Waals surface area contributed by atoms with E-state index in [4.69, 9.17) is 11.6 Å². The van der Waals surface area contributed by atoms with Crippen molar-refractivity contribution < 1.29 is 8.42 Å². The first kappa shape index (κ1) is 17.0. The first-order valence-corrected chi connectivity index (χ1v) is 10.2. The second kappa shape index (κ2) is 6.79. The summed E-state index contributed by atoms with van der Waals surface area (Å²) in [6.07, 6.45) is 0.715. The highest BCUT2D eigenvalue weighted by molar-refractivity contribution is 7.89. The maximum absolute atomic E-state index is 12.8. The predicted octanol–water partition coefficient (Wildman–Crippen LogP) is 4.11. The van der Waals surface area contributed by atoms with Crippen molar-refractivity contribution in [3.63, 3.8) is 0 Å². The van der Waals surface area contributed by atoms with Crippen LogP contribution in [0, 0.1) is 6.92 Å². The first-order valence-electron chi connectivity index (χ1n) is 6.51. The number of aryl methyl sites for hydroxylation is 1. The quantitative estimate of drug-likeness (QED) is 0.724. The number of nitrogens with zero attached hydrogens (tertiary/aromatic N) is 1. The molecular weight excluding hydrogens is 346 g/mol. The molecule has 116 valence electrons. The Morgan fingerprint density at radius 2 is 2.10 bits per heavy atom.